The molecule has 0 bridgehead atoms. The Morgan fingerprint density at radius 1 is 0.343 bits per heavy atom. The average Bonchev–Trinajstić information content (AvgIpc) is 1.61. The minimum absolute atomic E-state index is 0.284. The molecular weight excluding hydrogens is 1780 g/mol. The molecular formula is C100H111N13O17P2S2. The van der Waals surface area contributed by atoms with E-state index in [1.807, 2.05) is 97.1 Å². The van der Waals surface area contributed by atoms with Crippen LogP contribution in [-0.4, -0.2) is 196 Å². The molecule has 2 aliphatic rings. The van der Waals surface area contributed by atoms with Gasteiger partial charge in [0.1, 0.15) is 84.7 Å². The molecule has 0 unspecified atom stereocenters. The summed E-state index contributed by atoms with van der Waals surface area (Å²) in [4.78, 5) is 223. The fourth-order valence-corrected chi connectivity index (χ4v) is 24.0. The first-order valence-electron chi connectivity index (χ1n) is 43.8. The van der Waals surface area contributed by atoms with Gasteiger partial charge in [-0.25, -0.2) is 19.4 Å². The number of imide groups is 2. The number of carbonyl (C=O) groups is 15. The summed E-state index contributed by atoms with van der Waals surface area (Å²) in [5.41, 5.74) is 8.78. The van der Waals surface area contributed by atoms with Crippen LogP contribution < -0.4 is 80.1 Å². The molecule has 0 spiro atoms. The summed E-state index contributed by atoms with van der Waals surface area (Å²) in [6, 6.07) is 49.8. The van der Waals surface area contributed by atoms with Gasteiger partial charge in [0.15, 0.2) is 0 Å². The van der Waals surface area contributed by atoms with E-state index >= 15 is 38.4 Å². The summed E-state index contributed by atoms with van der Waals surface area (Å²) >= 11 is 13.7. The number of nitrogens with one attached hydrogen (secondary N) is 10. The molecule has 30 nitrogen and oxygen atoms in total. The predicted octanol–water partition coefficient (Wildman–Crippen LogP) is 7.10. The lowest BCUT2D eigenvalue weighted by Crippen LogP contribution is -2.64. The average molecular weight is 1890 g/mol. The Hall–Kier alpha value is -13.7. The molecule has 34 heteroatoms. The Morgan fingerprint density at radius 3 is 0.963 bits per heavy atom. The van der Waals surface area contributed by atoms with E-state index in [0.717, 1.165) is 44.5 Å². The standard InChI is InChI=1S/C100H111N13O17P2S2/c1-59(85(101)115)107-95(125)99(9,10)111-89(119)63(5)104-90(120)82(54-67-36-18-13-19-37-67)109-92(122)84(58-132(134,70-42-24-16-25-43-70)71-44-26-17-27-45-71)113(98(128)130-56-81-78-52-34-30-48-74(78)75-49-31-35-53-79(75)81)93(123)64(6)106-87(117)61(3)105-91(121)83(57-131(133,68-38-20-14-21-39-68)69-40-22-15-23-41-69)112(97(127)129-55-80-76-50-32-28-46-72(76)73-47-29-33-51-77(73)80)94(124)65(7)108-96(126)100(11,12)110-88(118)62(4)103-86(116)60(2)102-66(8)114/h13-53,59-65,80-84H,54-58H2,1-12H3,(H2,101,115)(H,102,114)(H,103,116)(H,104,120)(H,105,121)(H,106,117)(H,107,125)(H,108,126)(H,109,122)(H,110,118)(H,111,119)/t59-,60-,61-,62-,63-,64-,65-,82-,83+,84-/m0/s1. The zero-order valence-electron chi connectivity index (χ0n) is 76.3. The van der Waals surface area contributed by atoms with Gasteiger partial charge in [-0.1, -0.05) is 272 Å². The highest BCUT2D eigenvalue weighted by atomic mass is 32.4. The molecule has 700 valence electrons. The molecule has 10 atom stereocenters. The second-order valence-electron chi connectivity index (χ2n) is 34.4. The summed E-state index contributed by atoms with van der Waals surface area (Å²) in [6.45, 7) is 14.8. The Kier molecular flexibility index (Phi) is 33.3. The van der Waals surface area contributed by atoms with E-state index in [2.05, 4.69) is 53.2 Å². The van der Waals surface area contributed by atoms with Gasteiger partial charge in [0.2, 0.25) is 65.0 Å². The molecule has 2 aliphatic carbocycles. The summed E-state index contributed by atoms with van der Waals surface area (Å²) < 4.78 is 12.7. The van der Waals surface area contributed by atoms with Crippen molar-refractivity contribution in [3.05, 3.63) is 277 Å². The van der Waals surface area contributed by atoms with Crippen LogP contribution in [0.1, 0.15) is 123 Å². The van der Waals surface area contributed by atoms with Gasteiger partial charge in [-0.15, -0.1) is 0 Å². The van der Waals surface area contributed by atoms with Crippen molar-refractivity contribution in [3.8, 4) is 22.3 Å². The zero-order valence-corrected chi connectivity index (χ0v) is 79.7. The van der Waals surface area contributed by atoms with Gasteiger partial charge in [-0.3, -0.25) is 62.3 Å². The van der Waals surface area contributed by atoms with Crippen LogP contribution in [0.25, 0.3) is 22.3 Å². The smallest absolute Gasteiger partial charge is 0.417 e. The van der Waals surface area contributed by atoms with Crippen molar-refractivity contribution >= 4 is 146 Å². The number of carbonyl (C=O) groups excluding carboxylic acids is 15. The summed E-state index contributed by atoms with van der Waals surface area (Å²) in [6.07, 6.45) is -4.19. The monoisotopic (exact) mass is 1890 g/mol. The van der Waals surface area contributed by atoms with Crippen LogP contribution in [0.15, 0.2) is 249 Å². The number of rotatable bonds is 38. The predicted molar refractivity (Wildman–Crippen MR) is 519 cm³/mol. The van der Waals surface area contributed by atoms with Gasteiger partial charge in [-0.2, -0.15) is 0 Å². The fourth-order valence-electron chi connectivity index (χ4n) is 16.0. The summed E-state index contributed by atoms with van der Waals surface area (Å²) in [5.74, 6) is -13.8. The third kappa shape index (κ3) is 24.0. The second kappa shape index (κ2) is 44.2. The lowest BCUT2D eigenvalue weighted by Gasteiger charge is -2.36. The number of hydrogen-bond donors (Lipinski definition) is 11. The number of primary amides is 1. The van der Waals surface area contributed by atoms with Crippen molar-refractivity contribution in [1.29, 1.82) is 0 Å². The van der Waals surface area contributed by atoms with E-state index in [4.69, 9.17) is 38.8 Å². The normalized spacial score (nSPS) is 14.4. The minimum Gasteiger partial charge on any atom is -0.448 e. The molecule has 0 fully saturated rings. The molecule has 12 N–H and O–H groups in total. The first-order chi connectivity index (χ1) is 63.6. The Balaban J connectivity index is 0.980. The highest BCUT2D eigenvalue weighted by Crippen LogP contribution is 2.49. The molecule has 9 aromatic carbocycles. The fraction of sp³-hybridized carbons (Fsp3) is 0.310. The van der Waals surface area contributed by atoms with Gasteiger partial charge >= 0.3 is 12.2 Å². The number of ether oxygens (including phenoxy) is 2. The van der Waals surface area contributed by atoms with Crippen molar-refractivity contribution in [3.63, 3.8) is 0 Å². The van der Waals surface area contributed by atoms with Crippen LogP contribution in [0, 0.1) is 0 Å². The van der Waals surface area contributed by atoms with Gasteiger partial charge in [0.25, 0.3) is 11.8 Å². The number of nitrogens with two attached hydrogens (primary N) is 1. The van der Waals surface area contributed by atoms with Crippen molar-refractivity contribution in [2.24, 2.45) is 5.73 Å². The van der Waals surface area contributed by atoms with E-state index in [-0.39, 0.29) is 6.42 Å². The maximum absolute atomic E-state index is 16.6. The SMILES string of the molecule is CC(=O)N[C@@H](C)C(=O)N[C@@H](C)C(=O)NC(C)(C)C(=O)N[C@@H](C)C(=O)N(C(=O)OCC1c2ccccc2-c2ccccc21)[C@H](CP(=S)(c1ccccc1)c1ccccc1)C(=O)N[C@@H](C)C(=O)N[C@@H](C)C(=O)N(C(=O)OCC1c2ccccc2-c2ccccc21)[C@@H](CP(=S)(c1ccccc1)c1ccccc1)C(=O)N[C@@H](Cc1ccccc1)C(=O)N[C@@H](C)C(=O)NC(C)(C)C(=O)N[C@@H](C)C(N)=O. The van der Waals surface area contributed by atoms with Gasteiger partial charge in [0, 0.05) is 49.6 Å². The summed E-state index contributed by atoms with van der Waals surface area (Å²) in [7, 11) is 0. The highest BCUT2D eigenvalue weighted by molar-refractivity contribution is 8.22. The number of fused-ring (bicyclic) bond motifs is 6. The zero-order chi connectivity index (χ0) is 97.3. The maximum atomic E-state index is 16.6. The third-order valence-corrected chi connectivity index (χ3v) is 33.2. The van der Waals surface area contributed by atoms with Crippen molar-refractivity contribution < 1.29 is 81.4 Å². The van der Waals surface area contributed by atoms with Crippen LogP contribution in [0.2, 0.25) is 0 Å². The lowest BCUT2D eigenvalue weighted by molar-refractivity contribution is -0.143. The van der Waals surface area contributed by atoms with E-state index < -0.39 is 210 Å². The van der Waals surface area contributed by atoms with Crippen molar-refractivity contribution in [2.75, 3.05) is 25.5 Å². The molecule has 0 heterocycles. The largest absolute Gasteiger partial charge is 0.448 e. The van der Waals surface area contributed by atoms with Crippen LogP contribution in [0.3, 0.4) is 0 Å². The molecule has 15 amide bonds. The Morgan fingerprint density at radius 2 is 0.619 bits per heavy atom. The molecule has 11 rings (SSSR count). The molecule has 0 aromatic heterocycles. The molecule has 134 heavy (non-hydrogen) atoms. The first-order valence-corrected chi connectivity index (χ1v) is 49.8. The summed E-state index contributed by atoms with van der Waals surface area (Å²) in [5, 5.41) is 28.0. The van der Waals surface area contributed by atoms with Crippen molar-refractivity contribution in [2.45, 2.75) is 173 Å². The molecule has 0 saturated carbocycles. The molecule has 0 saturated heterocycles. The third-order valence-electron chi connectivity index (χ3n) is 23.5. The van der Waals surface area contributed by atoms with E-state index in [1.165, 1.54) is 83.1 Å². The van der Waals surface area contributed by atoms with Crippen LogP contribution >= 0.6 is 12.1 Å². The van der Waals surface area contributed by atoms with E-state index in [0.29, 0.717) is 36.6 Å². The van der Waals surface area contributed by atoms with Gasteiger partial charge in [-0.05, 0) is 147 Å². The van der Waals surface area contributed by atoms with Gasteiger partial charge < -0.3 is 68.4 Å². The number of amides is 15. The number of nitrogens with zero attached hydrogens (tertiary/aromatic N) is 2. The highest BCUT2D eigenvalue weighted by Gasteiger charge is 2.48. The van der Waals surface area contributed by atoms with Crippen molar-refractivity contribution in [1.82, 2.24) is 63.0 Å². The number of hydrogen-bond acceptors (Lipinski definition) is 19. The van der Waals surface area contributed by atoms with E-state index in [9.17, 15) is 33.6 Å². The molecule has 0 radical (unpaired) electrons. The quantitative estimate of drug-likeness (QED) is 0.0172. The maximum Gasteiger partial charge on any atom is 0.417 e. The van der Waals surface area contributed by atoms with Crippen LogP contribution in [-0.2, 0) is 102 Å². The van der Waals surface area contributed by atoms with Crippen LogP contribution in [0.5, 0.6) is 0 Å². The van der Waals surface area contributed by atoms with Gasteiger partial charge in [0.05, 0.1) is 0 Å². The van der Waals surface area contributed by atoms with Crippen LogP contribution in [0.4, 0.5) is 9.59 Å². The minimum atomic E-state index is -3.56. The molecule has 9 aromatic rings. The number of benzene rings is 9. The second-order valence-corrected chi connectivity index (χ2v) is 43.9. The Bertz CT molecular complexity index is 5840. The Labute approximate surface area is 788 Å². The lowest BCUT2D eigenvalue weighted by atomic mass is 9.98. The van der Waals surface area contributed by atoms with E-state index in [1.54, 1.807) is 152 Å². The topological polar surface area (TPSA) is 427 Å². The molecule has 0 aliphatic heterocycles. The first kappa shape index (κ1) is 101.